The van der Waals surface area contributed by atoms with Gasteiger partial charge in [0.05, 0.1) is 7.11 Å². The van der Waals surface area contributed by atoms with E-state index in [9.17, 15) is 4.39 Å². The Kier molecular flexibility index (Phi) is 21.2. The summed E-state index contributed by atoms with van der Waals surface area (Å²) in [6, 6.07) is 16.3. The van der Waals surface area contributed by atoms with Crippen molar-refractivity contribution < 1.29 is 9.13 Å². The minimum absolute atomic E-state index is 0. The van der Waals surface area contributed by atoms with Crippen LogP contribution in [0.25, 0.3) is 0 Å². The Bertz CT molecular complexity index is 409. The Hall–Kier alpha value is -1.83. The van der Waals surface area contributed by atoms with Gasteiger partial charge in [0.1, 0.15) is 11.6 Å². The Labute approximate surface area is 131 Å². The van der Waals surface area contributed by atoms with Crippen LogP contribution in [0.2, 0.25) is 0 Å². The Morgan fingerprint density at radius 1 is 0.810 bits per heavy atom. The molecule has 0 atom stereocenters. The second-order valence-corrected chi connectivity index (χ2v) is 3.50. The maximum Gasteiger partial charge on any atom is 0.123 e. The van der Waals surface area contributed by atoms with Gasteiger partial charge < -0.3 is 4.74 Å². The predicted octanol–water partition coefficient (Wildman–Crippen LogP) is 6.63. The van der Waals surface area contributed by atoms with E-state index >= 15 is 0 Å². The second kappa shape index (κ2) is 16.2. The van der Waals surface area contributed by atoms with Crippen molar-refractivity contribution >= 4 is 0 Å². The largest absolute Gasteiger partial charge is 0.497 e. The van der Waals surface area contributed by atoms with Gasteiger partial charge in [-0.2, -0.15) is 0 Å². The fraction of sp³-hybridized carbons (Fsp3) is 0.368. The quantitative estimate of drug-likeness (QED) is 0.604. The molecule has 0 fully saturated rings. The third kappa shape index (κ3) is 11.7. The Morgan fingerprint density at radius 3 is 1.62 bits per heavy atom. The minimum Gasteiger partial charge on any atom is -0.497 e. The lowest BCUT2D eigenvalue weighted by Gasteiger charge is -1.95. The van der Waals surface area contributed by atoms with Crippen LogP contribution in [0.4, 0.5) is 4.39 Å². The van der Waals surface area contributed by atoms with Gasteiger partial charge in [-0.05, 0) is 36.2 Å². The number of hydrogen-bond donors (Lipinski definition) is 0. The molecule has 0 radical (unpaired) electrons. The molecule has 0 aliphatic heterocycles. The first kappa shape index (κ1) is 27.5. The predicted molar refractivity (Wildman–Crippen MR) is 95.7 cm³/mol. The van der Waals surface area contributed by atoms with Crippen LogP contribution in [0, 0.1) is 5.82 Å². The summed E-state index contributed by atoms with van der Waals surface area (Å²) in [6.07, 6.45) is 1.14. The summed E-state index contributed by atoms with van der Waals surface area (Å²) < 4.78 is 17.0. The Balaban J connectivity index is -0.000000116. The lowest BCUT2D eigenvalue weighted by atomic mass is 10.2. The van der Waals surface area contributed by atoms with Gasteiger partial charge in [-0.1, -0.05) is 67.0 Å². The highest BCUT2D eigenvalue weighted by atomic mass is 19.1. The molecule has 2 aromatic carbocycles. The normalized spacial score (nSPS) is 7.38. The molecular weight excluding hydrogens is 263 g/mol. The molecule has 21 heavy (non-hydrogen) atoms. The molecule has 2 rings (SSSR count). The van der Waals surface area contributed by atoms with E-state index in [-0.39, 0.29) is 35.5 Å². The van der Waals surface area contributed by atoms with Crippen molar-refractivity contribution in [1.82, 2.24) is 0 Å². The molecule has 122 valence electrons. The summed E-state index contributed by atoms with van der Waals surface area (Å²) in [5, 5.41) is 0. The van der Waals surface area contributed by atoms with Crippen LogP contribution in [-0.2, 0) is 6.42 Å². The zero-order chi connectivity index (χ0) is 12.5. The summed E-state index contributed by atoms with van der Waals surface area (Å²) in [5.74, 6) is 0.437. The van der Waals surface area contributed by atoms with Crippen LogP contribution < -0.4 is 4.74 Å². The monoisotopic (exact) mass is 296 g/mol. The van der Waals surface area contributed by atoms with Crippen LogP contribution >= 0.6 is 0 Å². The van der Waals surface area contributed by atoms with Crippen molar-refractivity contribution in [3.8, 4) is 5.75 Å². The highest BCUT2D eigenvalue weighted by Gasteiger charge is 1.88. The van der Waals surface area contributed by atoms with Crippen LogP contribution in [-0.4, -0.2) is 7.11 Å². The standard InChI is InChI=1S/C8H10.C7H7FO.4CH4/c1-2-8-6-4-3-5-7-8;1-9-7-4-2-6(8)3-5-7;;;;/h3-7H,2H2,1H3;2-5H,1H3;4*1H4. The van der Waals surface area contributed by atoms with Crippen molar-refractivity contribution in [1.29, 1.82) is 0 Å². The van der Waals surface area contributed by atoms with Crippen LogP contribution in [0.1, 0.15) is 42.2 Å². The summed E-state index contributed by atoms with van der Waals surface area (Å²) in [5.41, 5.74) is 1.41. The number of halogens is 1. The topological polar surface area (TPSA) is 9.23 Å². The lowest BCUT2D eigenvalue weighted by molar-refractivity contribution is 0.413. The van der Waals surface area contributed by atoms with Crippen LogP contribution in [0.3, 0.4) is 0 Å². The molecule has 2 heteroatoms. The molecule has 0 saturated carbocycles. The van der Waals surface area contributed by atoms with E-state index in [0.29, 0.717) is 5.75 Å². The fourth-order valence-electron chi connectivity index (χ4n) is 1.28. The molecule has 0 aromatic heterocycles. The average molecular weight is 296 g/mol. The molecule has 2 aromatic rings. The summed E-state index contributed by atoms with van der Waals surface area (Å²) in [7, 11) is 1.55. The molecule has 1 nitrogen and oxygen atoms in total. The highest BCUT2D eigenvalue weighted by Crippen LogP contribution is 2.09. The minimum atomic E-state index is -0.240. The zero-order valence-corrected chi connectivity index (χ0v) is 10.2. The molecule has 0 aliphatic rings. The number of methoxy groups -OCH3 is 1. The van der Waals surface area contributed by atoms with E-state index < -0.39 is 0 Å². The smallest absolute Gasteiger partial charge is 0.123 e. The van der Waals surface area contributed by atoms with Crippen LogP contribution in [0.15, 0.2) is 54.6 Å². The zero-order valence-electron chi connectivity index (χ0n) is 10.2. The highest BCUT2D eigenvalue weighted by molar-refractivity contribution is 5.21. The molecule has 0 unspecified atom stereocenters. The molecule has 0 heterocycles. The second-order valence-electron chi connectivity index (χ2n) is 3.50. The van der Waals surface area contributed by atoms with Crippen LogP contribution in [0.5, 0.6) is 5.75 Å². The third-order valence-electron chi connectivity index (χ3n) is 2.30. The van der Waals surface area contributed by atoms with Gasteiger partial charge in [-0.15, -0.1) is 0 Å². The molecule has 0 saturated heterocycles. The summed E-state index contributed by atoms with van der Waals surface area (Å²) in [6.45, 7) is 2.16. The van der Waals surface area contributed by atoms with Gasteiger partial charge in [-0.25, -0.2) is 4.39 Å². The van der Waals surface area contributed by atoms with Crippen molar-refractivity contribution in [2.75, 3.05) is 7.11 Å². The molecule has 0 N–H and O–H groups in total. The van der Waals surface area contributed by atoms with Gasteiger partial charge in [0.15, 0.2) is 0 Å². The number of ether oxygens (including phenoxy) is 1. The number of rotatable bonds is 2. The van der Waals surface area contributed by atoms with Crippen molar-refractivity contribution in [3.05, 3.63) is 66.0 Å². The average Bonchev–Trinajstić information content (AvgIpc) is 2.41. The first-order valence-electron chi connectivity index (χ1n) is 5.59. The number of hydrogen-bond acceptors (Lipinski definition) is 1. The van der Waals surface area contributed by atoms with E-state index in [4.69, 9.17) is 4.74 Å². The molecule has 0 amide bonds. The summed E-state index contributed by atoms with van der Waals surface area (Å²) >= 11 is 0. The molecule has 0 aliphatic carbocycles. The first-order valence-corrected chi connectivity index (χ1v) is 5.59. The van der Waals surface area contributed by atoms with E-state index in [1.165, 1.54) is 17.7 Å². The lowest BCUT2D eigenvalue weighted by Crippen LogP contribution is -1.80. The van der Waals surface area contributed by atoms with Crippen molar-refractivity contribution in [2.45, 2.75) is 43.1 Å². The van der Waals surface area contributed by atoms with E-state index in [0.717, 1.165) is 6.42 Å². The van der Waals surface area contributed by atoms with Crippen molar-refractivity contribution in [3.63, 3.8) is 0 Å². The molecular formula is C19H33FO. The number of benzene rings is 2. The first-order chi connectivity index (χ1) is 8.26. The molecule has 0 spiro atoms. The Morgan fingerprint density at radius 2 is 1.29 bits per heavy atom. The fourth-order valence-corrected chi connectivity index (χ4v) is 1.28. The van der Waals surface area contributed by atoms with Gasteiger partial charge in [-0.3, -0.25) is 0 Å². The van der Waals surface area contributed by atoms with E-state index in [2.05, 4.69) is 31.2 Å². The van der Waals surface area contributed by atoms with Crippen molar-refractivity contribution in [2.24, 2.45) is 0 Å². The third-order valence-corrected chi connectivity index (χ3v) is 2.30. The van der Waals surface area contributed by atoms with Gasteiger partial charge in [0.25, 0.3) is 0 Å². The van der Waals surface area contributed by atoms with Gasteiger partial charge >= 0.3 is 0 Å². The maximum atomic E-state index is 12.2. The summed E-state index contributed by atoms with van der Waals surface area (Å²) in [4.78, 5) is 0. The van der Waals surface area contributed by atoms with Gasteiger partial charge in [0, 0.05) is 0 Å². The SMILES string of the molecule is C.C.C.C.CCc1ccccc1.COc1ccc(F)cc1. The van der Waals surface area contributed by atoms with E-state index in [1.54, 1.807) is 19.2 Å². The maximum absolute atomic E-state index is 12.2. The molecule has 0 bridgehead atoms. The van der Waals surface area contributed by atoms with Gasteiger partial charge in [0.2, 0.25) is 0 Å². The number of aryl methyl sites for hydroxylation is 1. The van der Waals surface area contributed by atoms with E-state index in [1.807, 2.05) is 6.07 Å².